The van der Waals surface area contributed by atoms with Crippen LogP contribution in [0, 0.1) is 0 Å². The molecule has 0 aliphatic rings. The summed E-state index contributed by atoms with van der Waals surface area (Å²) in [6.45, 7) is 1.93. The van der Waals surface area contributed by atoms with Crippen LogP contribution in [0.15, 0.2) is 15.5 Å². The molecule has 1 heterocycles. The third-order valence-corrected chi connectivity index (χ3v) is 3.19. The Labute approximate surface area is 110 Å². The van der Waals surface area contributed by atoms with Crippen LogP contribution < -0.4 is 10.9 Å². The molecule has 1 aromatic rings. The molecular weight excluding hydrogens is 284 g/mol. The fraction of sp³-hybridized carbons (Fsp3) is 0.636. The molecule has 0 amide bonds. The van der Waals surface area contributed by atoms with E-state index in [4.69, 9.17) is 0 Å². The van der Waals surface area contributed by atoms with Crippen molar-refractivity contribution in [2.75, 3.05) is 32.5 Å². The van der Waals surface area contributed by atoms with Gasteiger partial charge < -0.3 is 10.2 Å². The third kappa shape index (κ3) is 4.47. The highest BCUT2D eigenvalue weighted by Gasteiger charge is 2.05. The van der Waals surface area contributed by atoms with Crippen LogP contribution in [0.2, 0.25) is 0 Å². The fourth-order valence-corrected chi connectivity index (χ4v) is 1.91. The Kier molecular flexibility index (Phi) is 5.64. The van der Waals surface area contributed by atoms with Crippen molar-refractivity contribution < 1.29 is 0 Å². The molecule has 0 saturated carbocycles. The van der Waals surface area contributed by atoms with Crippen LogP contribution >= 0.6 is 15.9 Å². The molecule has 0 aromatic carbocycles. The van der Waals surface area contributed by atoms with Crippen LogP contribution in [0.25, 0.3) is 0 Å². The van der Waals surface area contributed by atoms with Crippen molar-refractivity contribution >= 4 is 21.6 Å². The maximum atomic E-state index is 11.6. The standard InChI is InChI=1S/C11H19BrN4O/c1-15(2)7-5-4-6-13-9-8-14-16(3)11(17)10(9)12/h8,13H,4-7H2,1-3H3. The lowest BCUT2D eigenvalue weighted by molar-refractivity contribution is 0.396. The number of hydrogen-bond acceptors (Lipinski definition) is 4. The number of nitrogens with zero attached hydrogens (tertiary/aromatic N) is 3. The lowest BCUT2D eigenvalue weighted by atomic mass is 10.3. The minimum absolute atomic E-state index is 0.122. The molecule has 96 valence electrons. The van der Waals surface area contributed by atoms with Crippen LogP contribution in [0.4, 0.5) is 5.69 Å². The molecule has 0 spiro atoms. The van der Waals surface area contributed by atoms with E-state index in [9.17, 15) is 4.79 Å². The normalized spacial score (nSPS) is 10.9. The molecule has 0 radical (unpaired) electrons. The maximum absolute atomic E-state index is 11.6. The van der Waals surface area contributed by atoms with Gasteiger partial charge in [0, 0.05) is 13.6 Å². The number of unbranched alkanes of at least 4 members (excludes halogenated alkanes) is 1. The smallest absolute Gasteiger partial charge is 0.282 e. The number of hydrogen-bond donors (Lipinski definition) is 1. The van der Waals surface area contributed by atoms with Gasteiger partial charge in [0.15, 0.2) is 0 Å². The number of nitrogens with one attached hydrogen (secondary N) is 1. The van der Waals surface area contributed by atoms with Crippen molar-refractivity contribution in [3.8, 4) is 0 Å². The van der Waals surface area contributed by atoms with E-state index < -0.39 is 0 Å². The molecule has 0 fully saturated rings. The predicted molar refractivity (Wildman–Crippen MR) is 73.5 cm³/mol. The summed E-state index contributed by atoms with van der Waals surface area (Å²) in [6, 6.07) is 0. The molecule has 6 heteroatoms. The van der Waals surface area contributed by atoms with Crippen molar-refractivity contribution in [1.82, 2.24) is 14.7 Å². The van der Waals surface area contributed by atoms with Crippen LogP contribution in [-0.2, 0) is 7.05 Å². The average Bonchev–Trinajstić information content (AvgIpc) is 2.28. The van der Waals surface area contributed by atoms with Gasteiger partial charge in [-0.05, 0) is 49.4 Å². The van der Waals surface area contributed by atoms with Gasteiger partial charge in [-0.25, -0.2) is 4.68 Å². The van der Waals surface area contributed by atoms with Crippen molar-refractivity contribution in [3.63, 3.8) is 0 Å². The minimum atomic E-state index is -0.122. The van der Waals surface area contributed by atoms with Crippen LogP contribution in [0.5, 0.6) is 0 Å². The Balaban J connectivity index is 2.42. The number of rotatable bonds is 6. The summed E-state index contributed by atoms with van der Waals surface area (Å²) in [5, 5.41) is 7.18. The first-order chi connectivity index (χ1) is 8.02. The number of anilines is 1. The van der Waals surface area contributed by atoms with Crippen LogP contribution in [0.3, 0.4) is 0 Å². The first-order valence-corrected chi connectivity index (χ1v) is 6.42. The minimum Gasteiger partial charge on any atom is -0.383 e. The second-order valence-corrected chi connectivity index (χ2v) is 5.03. The Morgan fingerprint density at radius 3 is 2.82 bits per heavy atom. The van der Waals surface area contributed by atoms with Gasteiger partial charge in [-0.1, -0.05) is 0 Å². The Morgan fingerprint density at radius 2 is 2.18 bits per heavy atom. The Morgan fingerprint density at radius 1 is 1.47 bits per heavy atom. The zero-order valence-electron chi connectivity index (χ0n) is 10.5. The molecule has 0 atom stereocenters. The molecule has 0 aliphatic carbocycles. The number of halogens is 1. The van der Waals surface area contributed by atoms with Gasteiger partial charge in [0.2, 0.25) is 0 Å². The van der Waals surface area contributed by atoms with Crippen LogP contribution in [0.1, 0.15) is 12.8 Å². The number of aromatic nitrogens is 2. The summed E-state index contributed by atoms with van der Waals surface area (Å²) in [5.74, 6) is 0. The van der Waals surface area contributed by atoms with E-state index in [2.05, 4.69) is 45.3 Å². The van der Waals surface area contributed by atoms with E-state index in [0.29, 0.717) is 4.47 Å². The largest absolute Gasteiger partial charge is 0.383 e. The summed E-state index contributed by atoms with van der Waals surface area (Å²) in [6.07, 6.45) is 3.87. The Bertz CT molecular complexity index is 416. The monoisotopic (exact) mass is 302 g/mol. The van der Waals surface area contributed by atoms with Gasteiger partial charge >= 0.3 is 0 Å². The molecule has 0 bridgehead atoms. The number of aryl methyl sites for hydroxylation is 1. The van der Waals surface area contributed by atoms with Gasteiger partial charge in [0.05, 0.1) is 11.9 Å². The van der Waals surface area contributed by atoms with Crippen molar-refractivity contribution in [3.05, 3.63) is 21.0 Å². The van der Waals surface area contributed by atoms with E-state index in [-0.39, 0.29) is 5.56 Å². The third-order valence-electron chi connectivity index (χ3n) is 2.43. The SMILES string of the molecule is CN(C)CCCCNc1cnn(C)c(=O)c1Br. The van der Waals surface area contributed by atoms with Crippen molar-refractivity contribution in [2.45, 2.75) is 12.8 Å². The molecule has 1 N–H and O–H groups in total. The molecule has 0 aliphatic heterocycles. The maximum Gasteiger partial charge on any atom is 0.282 e. The molecular formula is C11H19BrN4O. The van der Waals surface area contributed by atoms with Crippen molar-refractivity contribution in [1.29, 1.82) is 0 Å². The fourth-order valence-electron chi connectivity index (χ4n) is 1.41. The first kappa shape index (κ1) is 14.2. The zero-order chi connectivity index (χ0) is 12.8. The molecule has 1 rings (SSSR count). The molecule has 0 unspecified atom stereocenters. The summed E-state index contributed by atoms with van der Waals surface area (Å²) < 4.78 is 1.85. The lowest BCUT2D eigenvalue weighted by Gasteiger charge is -2.10. The van der Waals surface area contributed by atoms with E-state index >= 15 is 0 Å². The average molecular weight is 303 g/mol. The molecule has 1 aromatic heterocycles. The van der Waals surface area contributed by atoms with E-state index in [1.54, 1.807) is 13.2 Å². The molecule has 5 nitrogen and oxygen atoms in total. The van der Waals surface area contributed by atoms with E-state index in [1.807, 2.05) is 0 Å². The summed E-state index contributed by atoms with van der Waals surface area (Å²) in [4.78, 5) is 13.7. The van der Waals surface area contributed by atoms with Gasteiger partial charge in [-0.15, -0.1) is 0 Å². The Hall–Kier alpha value is -0.880. The first-order valence-electron chi connectivity index (χ1n) is 5.63. The van der Waals surface area contributed by atoms with Crippen molar-refractivity contribution in [2.24, 2.45) is 7.05 Å². The highest BCUT2D eigenvalue weighted by atomic mass is 79.9. The molecule has 0 saturated heterocycles. The summed E-state index contributed by atoms with van der Waals surface area (Å²) in [5.41, 5.74) is 0.640. The topological polar surface area (TPSA) is 50.2 Å². The highest BCUT2D eigenvalue weighted by molar-refractivity contribution is 9.10. The van der Waals surface area contributed by atoms with Gasteiger partial charge in [-0.2, -0.15) is 5.10 Å². The highest BCUT2D eigenvalue weighted by Crippen LogP contribution is 2.15. The second kappa shape index (κ2) is 6.76. The quantitative estimate of drug-likeness (QED) is 0.805. The van der Waals surface area contributed by atoms with Gasteiger partial charge in [-0.3, -0.25) is 4.79 Å². The summed E-state index contributed by atoms with van der Waals surface area (Å²) in [7, 11) is 5.76. The second-order valence-electron chi connectivity index (χ2n) is 4.24. The predicted octanol–water partition coefficient (Wildman–Crippen LogP) is 1.30. The van der Waals surface area contributed by atoms with Gasteiger partial charge in [0.25, 0.3) is 5.56 Å². The summed E-state index contributed by atoms with van der Waals surface area (Å²) >= 11 is 3.28. The molecule has 17 heavy (non-hydrogen) atoms. The van der Waals surface area contributed by atoms with E-state index in [1.165, 1.54) is 4.68 Å². The van der Waals surface area contributed by atoms with Crippen LogP contribution in [-0.4, -0.2) is 41.9 Å². The zero-order valence-corrected chi connectivity index (χ0v) is 12.1. The van der Waals surface area contributed by atoms with Gasteiger partial charge in [0.1, 0.15) is 4.47 Å². The van der Waals surface area contributed by atoms with E-state index in [0.717, 1.165) is 31.6 Å². The lowest BCUT2D eigenvalue weighted by Crippen LogP contribution is -2.21.